The number of nitrogens with one attached hydrogen (secondary N) is 1. The molecule has 3 aliphatic heterocycles. The Morgan fingerprint density at radius 2 is 2.03 bits per heavy atom. The molecule has 182 valence electrons. The van der Waals surface area contributed by atoms with E-state index in [0.717, 1.165) is 36.3 Å². The predicted octanol–water partition coefficient (Wildman–Crippen LogP) is 3.36. The van der Waals surface area contributed by atoms with Gasteiger partial charge in [-0.05, 0) is 61.1 Å². The van der Waals surface area contributed by atoms with Crippen LogP contribution in [0.15, 0.2) is 41.5 Å². The van der Waals surface area contributed by atoms with E-state index in [1.54, 1.807) is 12.1 Å². The largest absolute Gasteiger partial charge is 0.483 e. The van der Waals surface area contributed by atoms with E-state index in [1.165, 1.54) is 6.07 Å². The van der Waals surface area contributed by atoms with Gasteiger partial charge in [-0.3, -0.25) is 4.79 Å². The molecule has 0 saturated carbocycles. The zero-order valence-corrected chi connectivity index (χ0v) is 20.1. The van der Waals surface area contributed by atoms with E-state index in [-0.39, 0.29) is 43.3 Å². The monoisotopic (exact) mass is 488 g/mol. The van der Waals surface area contributed by atoms with Gasteiger partial charge in [0, 0.05) is 18.7 Å². The highest BCUT2D eigenvalue weighted by atomic mass is 35.5. The summed E-state index contributed by atoms with van der Waals surface area (Å²) < 4.78 is 21.0. The zero-order valence-electron chi connectivity index (χ0n) is 19.3. The molecule has 7 nitrogen and oxygen atoms in total. The van der Waals surface area contributed by atoms with Crippen molar-refractivity contribution in [1.82, 2.24) is 10.3 Å². The molecule has 1 fully saturated rings. The quantitative estimate of drug-likeness (QED) is 0.690. The smallest absolute Gasteiger partial charge is 0.262 e. The molecule has 2 N–H and O–H groups in total. The summed E-state index contributed by atoms with van der Waals surface area (Å²) in [5.41, 5.74) is 5.78. The van der Waals surface area contributed by atoms with Gasteiger partial charge in [-0.25, -0.2) is 9.82 Å². The molecular formula is C25H30ClFN4O3. The molecule has 9 heteroatoms. The van der Waals surface area contributed by atoms with Crippen molar-refractivity contribution in [1.29, 1.82) is 0 Å². The Labute approximate surface area is 205 Å². The first-order valence-corrected chi connectivity index (χ1v) is 11.5. The molecular weight excluding hydrogens is 459 g/mol. The number of hydrazone groups is 1. The number of aliphatic hydroxyl groups is 1. The molecule has 0 spiro atoms. The molecule has 3 heterocycles. The summed E-state index contributed by atoms with van der Waals surface area (Å²) in [6, 6.07) is 10.4. The highest BCUT2D eigenvalue weighted by Gasteiger charge is 2.37. The minimum atomic E-state index is -0.420. The first kappa shape index (κ1) is 24.4. The van der Waals surface area contributed by atoms with Crippen molar-refractivity contribution in [3.05, 3.63) is 47.8 Å². The molecule has 3 atom stereocenters. The number of hydrogen-bond donors (Lipinski definition) is 2. The fourth-order valence-electron chi connectivity index (χ4n) is 5.35. The number of carbonyl (C=O) groups excluding carboxylic acids is 1. The number of likely N-dealkylation sites (tertiary alicyclic amines) is 1. The van der Waals surface area contributed by atoms with Crippen LogP contribution >= 0.6 is 12.4 Å². The fourth-order valence-corrected chi connectivity index (χ4v) is 5.35. The van der Waals surface area contributed by atoms with Gasteiger partial charge in [0.2, 0.25) is 0 Å². The van der Waals surface area contributed by atoms with E-state index < -0.39 is 6.04 Å². The molecule has 2 aromatic carbocycles. The molecule has 0 aromatic heterocycles. The van der Waals surface area contributed by atoms with Gasteiger partial charge < -0.3 is 19.6 Å². The summed E-state index contributed by atoms with van der Waals surface area (Å²) in [7, 11) is 0. The summed E-state index contributed by atoms with van der Waals surface area (Å²) in [5, 5.41) is 13.5. The van der Waals surface area contributed by atoms with Crippen LogP contribution in [0.4, 0.5) is 10.1 Å². The Hall–Kier alpha value is -2.68. The average molecular weight is 489 g/mol. The molecule has 1 saturated heterocycles. The fraction of sp³-hybridized carbons (Fsp3) is 0.440. The maximum atomic E-state index is 14.9. The molecule has 0 aliphatic carbocycles. The second-order valence-electron chi connectivity index (χ2n) is 9.12. The van der Waals surface area contributed by atoms with Gasteiger partial charge in [0.1, 0.15) is 24.2 Å². The second-order valence-corrected chi connectivity index (χ2v) is 9.12. The van der Waals surface area contributed by atoms with Crippen LogP contribution in [0.3, 0.4) is 0 Å². The lowest BCUT2D eigenvalue weighted by Crippen LogP contribution is -2.55. The number of fused-ring (bicyclic) bond motifs is 3. The van der Waals surface area contributed by atoms with Crippen molar-refractivity contribution in [3.8, 4) is 16.9 Å². The number of carbonyl (C=O) groups is 1. The van der Waals surface area contributed by atoms with Crippen LogP contribution in [0.5, 0.6) is 5.75 Å². The molecule has 2 aromatic rings. The normalized spacial score (nSPS) is 24.2. The van der Waals surface area contributed by atoms with Gasteiger partial charge in [-0.15, -0.1) is 12.4 Å². The number of β-amino-alcohol motifs (C(OH)–C–C–N with tert-alkyl or cyclic N) is 1. The first-order valence-electron chi connectivity index (χ1n) is 11.5. The summed E-state index contributed by atoms with van der Waals surface area (Å²) in [5.74, 6) is 1.36. The lowest BCUT2D eigenvalue weighted by atomic mass is 9.78. The third-order valence-electron chi connectivity index (χ3n) is 7.06. The summed E-state index contributed by atoms with van der Waals surface area (Å²) in [6.07, 6.45) is 0.902. The van der Waals surface area contributed by atoms with Crippen LogP contribution in [0, 0.1) is 11.7 Å². The van der Waals surface area contributed by atoms with Crippen LogP contribution in [-0.4, -0.2) is 60.6 Å². The number of rotatable bonds is 4. The Morgan fingerprint density at radius 3 is 2.76 bits per heavy atom. The van der Waals surface area contributed by atoms with E-state index >= 15 is 0 Å². The maximum absolute atomic E-state index is 14.9. The number of aliphatic hydroxyl groups excluding tert-OH is 1. The lowest BCUT2D eigenvalue weighted by Gasteiger charge is -2.41. The topological polar surface area (TPSA) is 77.4 Å². The van der Waals surface area contributed by atoms with Gasteiger partial charge in [0.25, 0.3) is 5.91 Å². The van der Waals surface area contributed by atoms with Crippen LogP contribution in [0.2, 0.25) is 0 Å². The molecule has 34 heavy (non-hydrogen) atoms. The van der Waals surface area contributed by atoms with Gasteiger partial charge >= 0.3 is 0 Å². The highest BCUT2D eigenvalue weighted by molar-refractivity contribution is 6.09. The Morgan fingerprint density at radius 1 is 1.24 bits per heavy atom. The van der Waals surface area contributed by atoms with Crippen LogP contribution in [-0.2, 0) is 4.79 Å². The standard InChI is InChI=1S/C25H29FN4O3.ClH/c1-15-13-29(9-10-31)8-7-17(15)19-11-22-23(12-20(19)18-5-3-4-6-21(18)26)33-14-24-27-28-25(32)16(2)30(22)24;/h3-6,11-12,15-17,31H,7-10,13-14H2,1-2H3,(H,28,32);1H/t15-,16+,17+;/m0./s1. The molecule has 0 bridgehead atoms. The predicted molar refractivity (Wildman–Crippen MR) is 132 cm³/mol. The van der Waals surface area contributed by atoms with Crippen LogP contribution in [0.25, 0.3) is 11.1 Å². The minimum Gasteiger partial charge on any atom is -0.483 e. The molecule has 5 rings (SSSR count). The Kier molecular flexibility index (Phi) is 7.12. The number of benzene rings is 2. The number of amidine groups is 1. The minimum absolute atomic E-state index is 0. The Bertz CT molecular complexity index is 1110. The third kappa shape index (κ3) is 4.26. The van der Waals surface area contributed by atoms with E-state index in [2.05, 4.69) is 28.4 Å². The number of hydrogen-bond acceptors (Lipinski definition) is 6. The number of piperidine rings is 1. The SMILES string of the molecule is C[C@@H]1C(=O)NN=C2COc3cc(-c4ccccc4F)c([C@@H]4CCN(CCO)C[C@@H]4C)cc3N21.Cl. The van der Waals surface area contributed by atoms with E-state index in [0.29, 0.717) is 29.6 Å². The third-order valence-corrected chi connectivity index (χ3v) is 7.06. The molecule has 0 radical (unpaired) electrons. The molecule has 3 aliphatic rings. The first-order chi connectivity index (χ1) is 16.0. The number of halogens is 2. The summed E-state index contributed by atoms with van der Waals surface area (Å²) in [4.78, 5) is 16.6. The lowest BCUT2D eigenvalue weighted by molar-refractivity contribution is -0.122. The van der Waals surface area contributed by atoms with Crippen molar-refractivity contribution in [3.63, 3.8) is 0 Å². The van der Waals surface area contributed by atoms with Gasteiger partial charge in [0.05, 0.1) is 12.3 Å². The van der Waals surface area contributed by atoms with Gasteiger partial charge in [-0.1, -0.05) is 25.1 Å². The highest BCUT2D eigenvalue weighted by Crippen LogP contribution is 2.46. The average Bonchev–Trinajstić information content (AvgIpc) is 2.81. The number of ether oxygens (including phenoxy) is 1. The van der Waals surface area contributed by atoms with Crippen molar-refractivity contribution in [2.24, 2.45) is 11.0 Å². The van der Waals surface area contributed by atoms with E-state index in [9.17, 15) is 14.3 Å². The number of anilines is 1. The van der Waals surface area contributed by atoms with Crippen LogP contribution in [0.1, 0.15) is 31.7 Å². The molecule has 0 unspecified atom stereocenters. The van der Waals surface area contributed by atoms with Crippen molar-refractivity contribution >= 4 is 29.8 Å². The van der Waals surface area contributed by atoms with E-state index in [1.807, 2.05) is 24.0 Å². The van der Waals surface area contributed by atoms with Crippen molar-refractivity contribution < 1.29 is 19.0 Å². The number of amides is 1. The maximum Gasteiger partial charge on any atom is 0.262 e. The second kappa shape index (κ2) is 9.90. The summed E-state index contributed by atoms with van der Waals surface area (Å²) in [6.45, 7) is 6.84. The number of nitrogens with zero attached hydrogens (tertiary/aromatic N) is 3. The van der Waals surface area contributed by atoms with Gasteiger partial charge in [0.15, 0.2) is 5.84 Å². The zero-order chi connectivity index (χ0) is 23.1. The van der Waals surface area contributed by atoms with Crippen LogP contribution < -0.4 is 15.1 Å². The van der Waals surface area contributed by atoms with E-state index in [4.69, 9.17) is 4.74 Å². The Balaban J connectivity index is 0.00000274. The van der Waals surface area contributed by atoms with Crippen molar-refractivity contribution in [2.75, 3.05) is 37.7 Å². The van der Waals surface area contributed by atoms with Gasteiger partial charge in [-0.2, -0.15) is 5.10 Å². The van der Waals surface area contributed by atoms with Crippen molar-refractivity contribution in [2.45, 2.75) is 32.2 Å². The molecule has 1 amide bonds. The summed E-state index contributed by atoms with van der Waals surface area (Å²) >= 11 is 0.